The van der Waals surface area contributed by atoms with Crippen LogP contribution in [0, 0.1) is 0 Å². The molecule has 2 aromatic carbocycles. The summed E-state index contributed by atoms with van der Waals surface area (Å²) in [5.74, 6) is 1.37. The molecule has 0 aliphatic carbocycles. The fourth-order valence-corrected chi connectivity index (χ4v) is 2.82. The van der Waals surface area contributed by atoms with Crippen LogP contribution in [0.2, 0.25) is 0 Å². The molecular formula is C19H22N2O2. The van der Waals surface area contributed by atoms with Gasteiger partial charge in [0.1, 0.15) is 11.5 Å². The molecule has 1 aliphatic rings. The normalized spacial score (nSPS) is 20.7. The van der Waals surface area contributed by atoms with Crippen molar-refractivity contribution in [1.29, 1.82) is 0 Å². The highest BCUT2D eigenvalue weighted by Crippen LogP contribution is 2.22. The molecule has 1 saturated heterocycles. The summed E-state index contributed by atoms with van der Waals surface area (Å²) in [7, 11) is 0. The molecule has 1 fully saturated rings. The van der Waals surface area contributed by atoms with Crippen molar-refractivity contribution in [3.05, 3.63) is 60.2 Å². The number of carbonyl (C=O) groups is 1. The van der Waals surface area contributed by atoms with E-state index in [2.05, 4.69) is 17.6 Å². The Morgan fingerprint density at radius 3 is 2.70 bits per heavy atom. The molecule has 0 aromatic heterocycles. The zero-order valence-corrected chi connectivity index (χ0v) is 13.3. The summed E-state index contributed by atoms with van der Waals surface area (Å²) in [5, 5.41) is 6.51. The number of amides is 1. The molecule has 2 atom stereocenters. The maximum Gasteiger partial charge on any atom is 0.251 e. The first kappa shape index (κ1) is 15.6. The number of ether oxygens (including phenoxy) is 1. The number of rotatable bonds is 4. The summed E-state index contributed by atoms with van der Waals surface area (Å²) in [6.07, 6.45) is 2.10. The third kappa shape index (κ3) is 4.11. The predicted octanol–water partition coefficient (Wildman–Crippen LogP) is 3.35. The lowest BCUT2D eigenvalue weighted by Crippen LogP contribution is -2.51. The first-order chi connectivity index (χ1) is 11.2. The molecule has 0 radical (unpaired) electrons. The van der Waals surface area contributed by atoms with Gasteiger partial charge in [-0.15, -0.1) is 0 Å². The molecule has 2 N–H and O–H groups in total. The summed E-state index contributed by atoms with van der Waals surface area (Å²) in [5.41, 5.74) is 0.621. The van der Waals surface area contributed by atoms with E-state index in [4.69, 9.17) is 4.74 Å². The van der Waals surface area contributed by atoms with Gasteiger partial charge in [0.15, 0.2) is 0 Å². The number of para-hydroxylation sites is 1. The largest absolute Gasteiger partial charge is 0.457 e. The van der Waals surface area contributed by atoms with Crippen LogP contribution in [-0.4, -0.2) is 24.5 Å². The number of nitrogens with one attached hydrogen (secondary N) is 2. The highest BCUT2D eigenvalue weighted by Gasteiger charge is 2.22. The molecule has 120 valence electrons. The van der Waals surface area contributed by atoms with Gasteiger partial charge in [0.25, 0.3) is 5.91 Å². The molecule has 2 aromatic rings. The van der Waals surface area contributed by atoms with Gasteiger partial charge in [-0.2, -0.15) is 0 Å². The van der Waals surface area contributed by atoms with E-state index in [1.165, 1.54) is 0 Å². The minimum Gasteiger partial charge on any atom is -0.457 e. The van der Waals surface area contributed by atoms with Crippen LogP contribution in [0.4, 0.5) is 0 Å². The molecule has 0 bridgehead atoms. The number of piperidine rings is 1. The standard InChI is InChI=1S/C19H22N2O2/c1-14-18(11-6-12-20-14)21-19(22)15-7-5-10-17(13-15)23-16-8-3-2-4-9-16/h2-5,7-10,13-14,18,20H,6,11-12H2,1H3,(H,21,22). The van der Waals surface area contributed by atoms with Gasteiger partial charge in [0.05, 0.1) is 0 Å². The molecule has 3 rings (SSSR count). The molecule has 4 nitrogen and oxygen atoms in total. The second-order valence-corrected chi connectivity index (χ2v) is 5.91. The lowest BCUT2D eigenvalue weighted by Gasteiger charge is -2.30. The number of carbonyl (C=O) groups excluding carboxylic acids is 1. The van der Waals surface area contributed by atoms with E-state index >= 15 is 0 Å². The van der Waals surface area contributed by atoms with Crippen molar-refractivity contribution in [2.75, 3.05) is 6.54 Å². The van der Waals surface area contributed by atoms with Crippen molar-refractivity contribution < 1.29 is 9.53 Å². The fourth-order valence-electron chi connectivity index (χ4n) is 2.82. The van der Waals surface area contributed by atoms with Crippen molar-refractivity contribution in [3.8, 4) is 11.5 Å². The van der Waals surface area contributed by atoms with Gasteiger partial charge in [0, 0.05) is 17.6 Å². The van der Waals surface area contributed by atoms with Crippen molar-refractivity contribution in [3.63, 3.8) is 0 Å². The highest BCUT2D eigenvalue weighted by atomic mass is 16.5. The minimum atomic E-state index is -0.0518. The van der Waals surface area contributed by atoms with Gasteiger partial charge in [-0.25, -0.2) is 0 Å². The van der Waals surface area contributed by atoms with E-state index in [1.807, 2.05) is 48.5 Å². The molecule has 23 heavy (non-hydrogen) atoms. The zero-order chi connectivity index (χ0) is 16.1. The average Bonchev–Trinajstić information content (AvgIpc) is 2.58. The van der Waals surface area contributed by atoms with Gasteiger partial charge in [-0.3, -0.25) is 4.79 Å². The second-order valence-electron chi connectivity index (χ2n) is 5.91. The molecule has 1 aliphatic heterocycles. The van der Waals surface area contributed by atoms with E-state index in [-0.39, 0.29) is 11.9 Å². The van der Waals surface area contributed by atoms with Gasteiger partial charge in [-0.05, 0) is 56.6 Å². The smallest absolute Gasteiger partial charge is 0.251 e. The van der Waals surface area contributed by atoms with Crippen LogP contribution >= 0.6 is 0 Å². The van der Waals surface area contributed by atoms with Crippen molar-refractivity contribution >= 4 is 5.91 Å². The number of benzene rings is 2. The Labute approximate surface area is 136 Å². The quantitative estimate of drug-likeness (QED) is 0.910. The molecule has 4 heteroatoms. The summed E-state index contributed by atoms with van der Waals surface area (Å²) >= 11 is 0. The summed E-state index contributed by atoms with van der Waals surface area (Å²) in [6, 6.07) is 17.3. The van der Waals surface area contributed by atoms with E-state index < -0.39 is 0 Å². The summed E-state index contributed by atoms with van der Waals surface area (Å²) < 4.78 is 5.79. The summed E-state index contributed by atoms with van der Waals surface area (Å²) in [6.45, 7) is 3.13. The number of hydrogen-bond donors (Lipinski definition) is 2. The number of hydrogen-bond acceptors (Lipinski definition) is 3. The fraction of sp³-hybridized carbons (Fsp3) is 0.316. The van der Waals surface area contributed by atoms with Crippen LogP contribution in [0.1, 0.15) is 30.1 Å². The third-order valence-electron chi connectivity index (χ3n) is 4.15. The van der Waals surface area contributed by atoms with Crippen LogP contribution in [0.5, 0.6) is 11.5 Å². The van der Waals surface area contributed by atoms with E-state index in [9.17, 15) is 4.79 Å². The van der Waals surface area contributed by atoms with Crippen LogP contribution < -0.4 is 15.4 Å². The third-order valence-corrected chi connectivity index (χ3v) is 4.15. The van der Waals surface area contributed by atoms with E-state index in [0.29, 0.717) is 17.4 Å². The van der Waals surface area contributed by atoms with Gasteiger partial charge in [-0.1, -0.05) is 24.3 Å². The average molecular weight is 310 g/mol. The molecule has 1 amide bonds. The molecule has 2 unspecified atom stereocenters. The first-order valence-electron chi connectivity index (χ1n) is 8.09. The predicted molar refractivity (Wildman–Crippen MR) is 90.9 cm³/mol. The Morgan fingerprint density at radius 1 is 1.13 bits per heavy atom. The Morgan fingerprint density at radius 2 is 1.91 bits per heavy atom. The SMILES string of the molecule is CC1NCCCC1NC(=O)c1cccc(Oc2ccccc2)c1. The molecule has 0 saturated carbocycles. The Bertz CT molecular complexity index is 657. The Kier molecular flexibility index (Phi) is 4.93. The van der Waals surface area contributed by atoms with Crippen molar-refractivity contribution in [1.82, 2.24) is 10.6 Å². The maximum absolute atomic E-state index is 12.5. The zero-order valence-electron chi connectivity index (χ0n) is 13.3. The van der Waals surface area contributed by atoms with Crippen LogP contribution in [0.25, 0.3) is 0 Å². The van der Waals surface area contributed by atoms with Crippen molar-refractivity contribution in [2.45, 2.75) is 31.8 Å². The van der Waals surface area contributed by atoms with Crippen LogP contribution in [-0.2, 0) is 0 Å². The Balaban J connectivity index is 1.67. The first-order valence-corrected chi connectivity index (χ1v) is 8.09. The monoisotopic (exact) mass is 310 g/mol. The minimum absolute atomic E-state index is 0.0518. The molecule has 0 spiro atoms. The topological polar surface area (TPSA) is 50.4 Å². The van der Waals surface area contributed by atoms with Gasteiger partial charge < -0.3 is 15.4 Å². The van der Waals surface area contributed by atoms with Gasteiger partial charge >= 0.3 is 0 Å². The highest BCUT2D eigenvalue weighted by molar-refractivity contribution is 5.94. The molecule has 1 heterocycles. The Hall–Kier alpha value is -2.33. The second kappa shape index (κ2) is 7.29. The summed E-state index contributed by atoms with van der Waals surface area (Å²) in [4.78, 5) is 12.5. The molecular weight excluding hydrogens is 288 g/mol. The lowest BCUT2D eigenvalue weighted by molar-refractivity contribution is 0.0919. The van der Waals surface area contributed by atoms with Crippen molar-refractivity contribution in [2.24, 2.45) is 0 Å². The van der Waals surface area contributed by atoms with Crippen LogP contribution in [0.3, 0.4) is 0 Å². The lowest BCUT2D eigenvalue weighted by atomic mass is 9.99. The van der Waals surface area contributed by atoms with Crippen LogP contribution in [0.15, 0.2) is 54.6 Å². The van der Waals surface area contributed by atoms with E-state index in [1.54, 1.807) is 6.07 Å². The van der Waals surface area contributed by atoms with Gasteiger partial charge in [0.2, 0.25) is 0 Å². The maximum atomic E-state index is 12.5. The van der Waals surface area contributed by atoms with E-state index in [0.717, 1.165) is 25.1 Å².